The van der Waals surface area contributed by atoms with Crippen LogP contribution in [0, 0.1) is 0 Å². The molecule has 2 atom stereocenters. The lowest BCUT2D eigenvalue weighted by Gasteiger charge is -2.27. The Hall–Kier alpha value is -3.78. The number of carboxylic acid groups (broad SMARTS) is 1. The van der Waals surface area contributed by atoms with Crippen molar-refractivity contribution >= 4 is 23.7 Å². The Bertz CT molecular complexity index is 969. The number of hydrogen-bond acceptors (Lipinski definition) is 5. The highest BCUT2D eigenvalue weighted by Gasteiger charge is 2.43. The number of nitrogens with one attached hydrogen (secondary N) is 1. The number of carbonyl (C=O) groups is 4. The van der Waals surface area contributed by atoms with Gasteiger partial charge in [-0.3, -0.25) is 19.3 Å². The molecule has 1 heterocycles. The van der Waals surface area contributed by atoms with Gasteiger partial charge in [0.25, 0.3) is 11.8 Å². The molecule has 0 fully saturated rings. The van der Waals surface area contributed by atoms with Crippen molar-refractivity contribution in [3.05, 3.63) is 83.9 Å². The number of nitrogens with zero attached hydrogens (tertiary/aromatic N) is 1. The zero-order valence-corrected chi connectivity index (χ0v) is 16.7. The molecule has 1 aliphatic rings. The smallest absolute Gasteiger partial charge is 0.328 e. The van der Waals surface area contributed by atoms with Gasteiger partial charge in [0, 0.05) is 6.42 Å². The number of hydrogen-bond donors (Lipinski definition) is 2. The molecule has 1 unspecified atom stereocenters. The summed E-state index contributed by atoms with van der Waals surface area (Å²) in [5.41, 5.74) is 1.14. The summed E-state index contributed by atoms with van der Waals surface area (Å²) in [6.45, 7) is 3.32. The van der Waals surface area contributed by atoms with Crippen molar-refractivity contribution in [1.82, 2.24) is 10.2 Å². The van der Waals surface area contributed by atoms with Gasteiger partial charge in [-0.15, -0.1) is 6.58 Å². The average Bonchev–Trinajstić information content (AvgIpc) is 3.02. The van der Waals surface area contributed by atoms with Gasteiger partial charge in [0.1, 0.15) is 6.04 Å². The molecule has 0 aliphatic carbocycles. The average molecular weight is 422 g/mol. The molecule has 0 spiro atoms. The van der Waals surface area contributed by atoms with Crippen LogP contribution in [0.25, 0.3) is 0 Å². The zero-order chi connectivity index (χ0) is 22.4. The van der Waals surface area contributed by atoms with E-state index in [2.05, 4.69) is 11.9 Å². The first-order chi connectivity index (χ1) is 14.9. The minimum absolute atomic E-state index is 0.0397. The van der Waals surface area contributed by atoms with Crippen LogP contribution in [0.15, 0.2) is 67.3 Å². The number of imide groups is 1. The molecular weight excluding hydrogens is 400 g/mol. The summed E-state index contributed by atoms with van der Waals surface area (Å²) in [4.78, 5) is 51.5. The van der Waals surface area contributed by atoms with E-state index in [9.17, 15) is 24.3 Å². The van der Waals surface area contributed by atoms with E-state index >= 15 is 0 Å². The number of benzene rings is 2. The van der Waals surface area contributed by atoms with E-state index in [-0.39, 0.29) is 30.8 Å². The quantitative estimate of drug-likeness (QED) is 0.342. The predicted octanol–water partition coefficient (Wildman–Crippen LogP) is 1.67. The molecule has 3 amide bonds. The van der Waals surface area contributed by atoms with E-state index in [1.807, 2.05) is 0 Å². The number of aliphatic carboxylic acids is 1. The molecule has 0 saturated heterocycles. The predicted molar refractivity (Wildman–Crippen MR) is 111 cm³/mol. The topological polar surface area (TPSA) is 113 Å². The first kappa shape index (κ1) is 21.9. The lowest BCUT2D eigenvalue weighted by Crippen LogP contribution is -2.55. The molecule has 8 heteroatoms. The van der Waals surface area contributed by atoms with Crippen molar-refractivity contribution in [2.24, 2.45) is 0 Å². The first-order valence-electron chi connectivity index (χ1n) is 9.66. The molecule has 0 bridgehead atoms. The summed E-state index contributed by atoms with van der Waals surface area (Å²) in [5.74, 6) is -3.23. The second-order valence-electron chi connectivity index (χ2n) is 6.96. The second kappa shape index (κ2) is 9.82. The van der Waals surface area contributed by atoms with Gasteiger partial charge in [0.05, 0.1) is 24.3 Å². The monoisotopic (exact) mass is 422 g/mol. The van der Waals surface area contributed by atoms with E-state index in [4.69, 9.17) is 4.74 Å². The number of fused-ring (bicyclic) bond motifs is 1. The third-order valence-electron chi connectivity index (χ3n) is 4.85. The lowest BCUT2D eigenvalue weighted by molar-refractivity contribution is -0.144. The Morgan fingerprint density at radius 2 is 1.61 bits per heavy atom. The summed E-state index contributed by atoms with van der Waals surface area (Å²) in [7, 11) is 0. The molecular formula is C23H22N2O6. The van der Waals surface area contributed by atoms with Crippen molar-refractivity contribution in [2.45, 2.75) is 18.5 Å². The lowest BCUT2D eigenvalue weighted by atomic mass is 10.0. The van der Waals surface area contributed by atoms with Crippen LogP contribution in [0.2, 0.25) is 0 Å². The van der Waals surface area contributed by atoms with Gasteiger partial charge in [-0.2, -0.15) is 0 Å². The van der Waals surface area contributed by atoms with Gasteiger partial charge in [-0.1, -0.05) is 48.5 Å². The SMILES string of the molecule is C=CCOC[C@H](NC(=O)C(Cc1ccccc1)N1C(=O)c2ccccc2C1=O)C(=O)O. The second-order valence-corrected chi connectivity index (χ2v) is 6.96. The molecule has 160 valence electrons. The van der Waals surface area contributed by atoms with Gasteiger partial charge in [-0.05, 0) is 17.7 Å². The third-order valence-corrected chi connectivity index (χ3v) is 4.85. The first-order valence-corrected chi connectivity index (χ1v) is 9.66. The minimum atomic E-state index is -1.35. The number of carboxylic acids is 1. The largest absolute Gasteiger partial charge is 0.480 e. The van der Waals surface area contributed by atoms with E-state index in [1.165, 1.54) is 18.2 Å². The highest BCUT2D eigenvalue weighted by molar-refractivity contribution is 6.22. The maximum absolute atomic E-state index is 13.1. The fraction of sp³-hybridized carbons (Fsp3) is 0.217. The van der Waals surface area contributed by atoms with Gasteiger partial charge in [0.2, 0.25) is 5.91 Å². The molecule has 1 aliphatic heterocycles. The van der Waals surface area contributed by atoms with Gasteiger partial charge in [-0.25, -0.2) is 4.79 Å². The summed E-state index contributed by atoms with van der Waals surface area (Å²) in [6.07, 6.45) is 1.50. The Labute approximate surface area is 179 Å². The molecule has 2 N–H and O–H groups in total. The van der Waals surface area contributed by atoms with Gasteiger partial charge in [0.15, 0.2) is 6.04 Å². The molecule has 0 radical (unpaired) electrons. The third kappa shape index (κ3) is 4.87. The van der Waals surface area contributed by atoms with Crippen molar-refractivity contribution in [2.75, 3.05) is 13.2 Å². The van der Waals surface area contributed by atoms with Crippen molar-refractivity contribution in [3.8, 4) is 0 Å². The van der Waals surface area contributed by atoms with Crippen LogP contribution in [0.1, 0.15) is 26.3 Å². The maximum atomic E-state index is 13.1. The van der Waals surface area contributed by atoms with Crippen LogP contribution in [0.5, 0.6) is 0 Å². The van der Waals surface area contributed by atoms with Gasteiger partial charge >= 0.3 is 5.97 Å². The Morgan fingerprint density at radius 3 is 2.16 bits per heavy atom. The van der Waals surface area contributed by atoms with Gasteiger partial charge < -0.3 is 15.2 Å². The van der Waals surface area contributed by atoms with Crippen LogP contribution in [0.4, 0.5) is 0 Å². The van der Waals surface area contributed by atoms with Crippen molar-refractivity contribution in [3.63, 3.8) is 0 Å². The maximum Gasteiger partial charge on any atom is 0.328 e. The zero-order valence-electron chi connectivity index (χ0n) is 16.7. The Balaban J connectivity index is 1.89. The molecule has 0 aromatic heterocycles. The van der Waals surface area contributed by atoms with E-state index in [0.29, 0.717) is 5.56 Å². The van der Waals surface area contributed by atoms with E-state index in [0.717, 1.165) is 4.90 Å². The molecule has 31 heavy (non-hydrogen) atoms. The number of amides is 3. The minimum Gasteiger partial charge on any atom is -0.480 e. The highest BCUT2D eigenvalue weighted by Crippen LogP contribution is 2.26. The standard InChI is InChI=1S/C23H22N2O6/c1-2-12-31-14-18(23(29)30)24-20(26)19(13-15-8-4-3-5-9-15)25-21(27)16-10-6-7-11-17(16)22(25)28/h2-11,18-19H,1,12-14H2,(H,24,26)(H,29,30)/t18-,19?/m0/s1. The normalized spacial score (nSPS) is 14.6. The number of rotatable bonds is 10. The molecule has 8 nitrogen and oxygen atoms in total. The fourth-order valence-corrected chi connectivity index (χ4v) is 3.34. The molecule has 2 aromatic carbocycles. The highest BCUT2D eigenvalue weighted by atomic mass is 16.5. The van der Waals surface area contributed by atoms with E-state index < -0.39 is 35.8 Å². The molecule has 0 saturated carbocycles. The number of ether oxygens (including phenoxy) is 1. The van der Waals surface area contributed by atoms with Crippen molar-refractivity contribution in [1.29, 1.82) is 0 Å². The number of carbonyl (C=O) groups excluding carboxylic acids is 3. The van der Waals surface area contributed by atoms with Crippen LogP contribution in [-0.2, 0) is 20.7 Å². The molecule has 2 aromatic rings. The van der Waals surface area contributed by atoms with Crippen molar-refractivity contribution < 1.29 is 29.0 Å². The van der Waals surface area contributed by atoms with Crippen LogP contribution < -0.4 is 5.32 Å². The fourth-order valence-electron chi connectivity index (χ4n) is 3.34. The summed E-state index contributed by atoms with van der Waals surface area (Å²) in [5, 5.41) is 11.8. The van der Waals surface area contributed by atoms with Crippen LogP contribution in [0.3, 0.4) is 0 Å². The summed E-state index contributed by atoms with van der Waals surface area (Å²) in [6, 6.07) is 12.6. The summed E-state index contributed by atoms with van der Waals surface area (Å²) >= 11 is 0. The van der Waals surface area contributed by atoms with E-state index in [1.54, 1.807) is 42.5 Å². The van der Waals surface area contributed by atoms with Crippen LogP contribution in [-0.4, -0.2) is 59.0 Å². The Kier molecular flexibility index (Phi) is 6.94. The van der Waals surface area contributed by atoms with Crippen LogP contribution >= 0.6 is 0 Å². The summed E-state index contributed by atoms with van der Waals surface area (Å²) < 4.78 is 5.16. The molecule has 3 rings (SSSR count). The Morgan fingerprint density at radius 1 is 1.03 bits per heavy atom.